The van der Waals surface area contributed by atoms with Gasteiger partial charge >= 0.3 is 0 Å². The van der Waals surface area contributed by atoms with Crippen molar-refractivity contribution in [2.75, 3.05) is 46.4 Å². The summed E-state index contributed by atoms with van der Waals surface area (Å²) in [6.45, 7) is 7.15. The molecule has 36 heavy (non-hydrogen) atoms. The topological polar surface area (TPSA) is 44.8 Å². The number of hydrogen-bond donors (Lipinski definition) is 1. The molecule has 2 bridgehead atoms. The van der Waals surface area contributed by atoms with Crippen LogP contribution in [-0.2, 0) is 13.0 Å². The average Bonchev–Trinajstić information content (AvgIpc) is 3.69. The maximum Gasteiger partial charge on any atom is 0.251 e. The van der Waals surface area contributed by atoms with Gasteiger partial charge in [-0.2, -0.15) is 0 Å². The fourth-order valence-electron chi connectivity index (χ4n) is 5.79. The molecule has 2 aliphatic heterocycles. The van der Waals surface area contributed by atoms with Crippen LogP contribution in [0.4, 0.5) is 0 Å². The van der Waals surface area contributed by atoms with Gasteiger partial charge in [-0.05, 0) is 112 Å². The number of ether oxygens (including phenoxy) is 1. The van der Waals surface area contributed by atoms with E-state index in [0.29, 0.717) is 5.92 Å². The largest absolute Gasteiger partial charge is 0.493 e. The quantitative estimate of drug-likeness (QED) is 0.633. The third-order valence-corrected chi connectivity index (χ3v) is 7.98. The van der Waals surface area contributed by atoms with Gasteiger partial charge in [-0.3, -0.25) is 9.69 Å². The fraction of sp³-hybridized carbons (Fsp3) is 0.581. The molecule has 5 heteroatoms. The second-order valence-electron chi connectivity index (χ2n) is 11.4. The summed E-state index contributed by atoms with van der Waals surface area (Å²) >= 11 is 0. The maximum atomic E-state index is 13.1. The molecule has 1 aliphatic carbocycles. The summed E-state index contributed by atoms with van der Waals surface area (Å²) in [6.07, 6.45) is 9.46. The van der Waals surface area contributed by atoms with Gasteiger partial charge in [0.05, 0.1) is 6.61 Å². The van der Waals surface area contributed by atoms with Crippen LogP contribution < -0.4 is 10.1 Å². The molecule has 2 heterocycles. The first-order valence-corrected chi connectivity index (χ1v) is 14.1. The molecule has 5 rings (SSSR count). The van der Waals surface area contributed by atoms with Crippen LogP contribution in [0.25, 0.3) is 0 Å². The Morgan fingerprint density at radius 2 is 1.86 bits per heavy atom. The van der Waals surface area contributed by atoms with Gasteiger partial charge in [0.15, 0.2) is 0 Å². The van der Waals surface area contributed by atoms with E-state index in [-0.39, 0.29) is 5.91 Å². The molecular formula is C31H43N3O2. The lowest BCUT2D eigenvalue weighted by Gasteiger charge is -2.29. The van der Waals surface area contributed by atoms with E-state index in [1.807, 2.05) is 12.1 Å². The minimum Gasteiger partial charge on any atom is -0.493 e. The zero-order valence-electron chi connectivity index (χ0n) is 22.0. The number of carbonyl (C=O) groups is 1. The number of nitrogens with zero attached hydrogens (tertiary/aromatic N) is 2. The minimum absolute atomic E-state index is 0.0231. The Balaban J connectivity index is 1.30. The Kier molecular flexibility index (Phi) is 8.60. The van der Waals surface area contributed by atoms with E-state index < -0.39 is 0 Å². The Labute approximate surface area is 217 Å². The zero-order valence-corrected chi connectivity index (χ0v) is 22.0. The molecule has 3 aliphatic rings. The molecule has 1 saturated heterocycles. The van der Waals surface area contributed by atoms with Crippen LogP contribution in [-0.4, -0.2) is 62.1 Å². The number of carbonyl (C=O) groups excluding carboxylic acids is 1. The lowest BCUT2D eigenvalue weighted by atomic mass is 9.98. The van der Waals surface area contributed by atoms with Crippen molar-refractivity contribution in [2.45, 2.75) is 57.9 Å². The van der Waals surface area contributed by atoms with E-state index in [0.717, 1.165) is 68.4 Å². The van der Waals surface area contributed by atoms with E-state index >= 15 is 0 Å². The molecule has 2 aromatic carbocycles. The highest BCUT2D eigenvalue weighted by Crippen LogP contribution is 2.31. The Bertz CT molecular complexity index is 1020. The molecule has 1 N–H and O–H groups in total. The van der Waals surface area contributed by atoms with Crippen LogP contribution in [0.1, 0.15) is 72.0 Å². The van der Waals surface area contributed by atoms with Crippen molar-refractivity contribution < 1.29 is 9.53 Å². The second-order valence-corrected chi connectivity index (χ2v) is 11.4. The standard InChI is InChI=1S/C31H43N3O2/c1-33-14-6-9-27(21-33)20-32-31(35)28-12-13-30-29(19-28)18-25-7-5-8-26(17-25)23-34(22-24-10-11-24)15-3-2-4-16-36-30/h5,7-8,12-13,17,19,24,27H,2-4,6,9-11,14-16,18,20-23H2,1H3,(H,32,35). The summed E-state index contributed by atoms with van der Waals surface area (Å²) < 4.78 is 6.26. The monoisotopic (exact) mass is 489 g/mol. The maximum absolute atomic E-state index is 13.1. The van der Waals surface area contributed by atoms with Crippen LogP contribution in [0.2, 0.25) is 0 Å². The van der Waals surface area contributed by atoms with Crippen LogP contribution in [0.15, 0.2) is 42.5 Å². The van der Waals surface area contributed by atoms with E-state index in [1.54, 1.807) is 0 Å². The summed E-state index contributed by atoms with van der Waals surface area (Å²) in [5.41, 5.74) is 4.50. The van der Waals surface area contributed by atoms with Gasteiger partial charge in [-0.25, -0.2) is 0 Å². The molecule has 1 saturated carbocycles. The Morgan fingerprint density at radius 1 is 0.972 bits per heavy atom. The van der Waals surface area contributed by atoms with Gasteiger partial charge in [0.1, 0.15) is 5.75 Å². The first kappa shape index (κ1) is 25.3. The van der Waals surface area contributed by atoms with E-state index in [1.165, 1.54) is 62.7 Å². The first-order chi connectivity index (χ1) is 17.6. The highest BCUT2D eigenvalue weighted by atomic mass is 16.5. The minimum atomic E-state index is 0.0231. The molecule has 0 radical (unpaired) electrons. The SMILES string of the molecule is CN1CCCC(CNC(=O)c2ccc3c(c2)Cc2cccc(c2)CN(CC2CC2)CCCCCO3)C1. The molecule has 2 fully saturated rings. The van der Waals surface area contributed by atoms with Crippen LogP contribution >= 0.6 is 0 Å². The summed E-state index contributed by atoms with van der Waals surface area (Å²) in [4.78, 5) is 18.1. The molecule has 1 atom stereocenters. The highest BCUT2D eigenvalue weighted by molar-refractivity contribution is 5.94. The molecule has 0 spiro atoms. The zero-order chi connectivity index (χ0) is 24.7. The van der Waals surface area contributed by atoms with Gasteiger partial charge in [0.2, 0.25) is 0 Å². The van der Waals surface area contributed by atoms with Crippen LogP contribution in [0.3, 0.4) is 0 Å². The first-order valence-electron chi connectivity index (χ1n) is 14.1. The molecule has 0 aromatic heterocycles. The molecule has 5 nitrogen and oxygen atoms in total. The van der Waals surface area contributed by atoms with Gasteiger partial charge in [-0.1, -0.05) is 24.3 Å². The number of fused-ring (bicyclic) bond motifs is 3. The number of benzene rings is 2. The Morgan fingerprint density at radius 3 is 2.72 bits per heavy atom. The number of piperidine rings is 1. The average molecular weight is 490 g/mol. The molecular weight excluding hydrogens is 446 g/mol. The number of nitrogens with one attached hydrogen (secondary N) is 1. The van der Waals surface area contributed by atoms with Crippen molar-refractivity contribution in [2.24, 2.45) is 11.8 Å². The van der Waals surface area contributed by atoms with Gasteiger partial charge in [-0.15, -0.1) is 0 Å². The lowest BCUT2D eigenvalue weighted by molar-refractivity contribution is 0.0936. The number of amides is 1. The second kappa shape index (κ2) is 12.2. The van der Waals surface area contributed by atoms with Gasteiger partial charge < -0.3 is 15.0 Å². The summed E-state index contributed by atoms with van der Waals surface area (Å²) in [5.74, 6) is 2.38. The normalized spacial score (nSPS) is 22.2. The predicted octanol–water partition coefficient (Wildman–Crippen LogP) is 5.12. The third-order valence-electron chi connectivity index (χ3n) is 7.98. The lowest BCUT2D eigenvalue weighted by Crippen LogP contribution is -2.39. The van der Waals surface area contributed by atoms with Crippen LogP contribution in [0.5, 0.6) is 5.75 Å². The van der Waals surface area contributed by atoms with Crippen molar-refractivity contribution in [3.8, 4) is 5.75 Å². The summed E-state index contributed by atoms with van der Waals surface area (Å²) in [6, 6.07) is 15.0. The van der Waals surface area contributed by atoms with Crippen LogP contribution in [0, 0.1) is 11.8 Å². The summed E-state index contributed by atoms with van der Waals surface area (Å²) in [5, 5.41) is 3.20. The number of hydrogen-bond acceptors (Lipinski definition) is 4. The van der Waals surface area contributed by atoms with E-state index in [4.69, 9.17) is 4.74 Å². The van der Waals surface area contributed by atoms with Crippen molar-refractivity contribution in [1.82, 2.24) is 15.1 Å². The number of likely N-dealkylation sites (tertiary alicyclic amines) is 1. The molecule has 1 amide bonds. The predicted molar refractivity (Wildman–Crippen MR) is 146 cm³/mol. The fourth-order valence-corrected chi connectivity index (χ4v) is 5.79. The van der Waals surface area contributed by atoms with Gasteiger partial charge in [0.25, 0.3) is 5.91 Å². The molecule has 194 valence electrons. The Hall–Kier alpha value is -2.37. The van der Waals surface area contributed by atoms with E-state index in [9.17, 15) is 4.79 Å². The van der Waals surface area contributed by atoms with Crippen molar-refractivity contribution in [1.29, 1.82) is 0 Å². The number of rotatable bonds is 5. The van der Waals surface area contributed by atoms with Crippen molar-refractivity contribution in [3.63, 3.8) is 0 Å². The third kappa shape index (κ3) is 7.33. The van der Waals surface area contributed by atoms with Crippen molar-refractivity contribution in [3.05, 3.63) is 64.7 Å². The molecule has 1 unspecified atom stereocenters. The van der Waals surface area contributed by atoms with Crippen molar-refractivity contribution >= 4 is 5.91 Å². The summed E-state index contributed by atoms with van der Waals surface area (Å²) in [7, 11) is 2.17. The smallest absolute Gasteiger partial charge is 0.251 e. The van der Waals surface area contributed by atoms with E-state index in [2.05, 4.69) is 52.5 Å². The molecule has 2 aromatic rings. The van der Waals surface area contributed by atoms with Gasteiger partial charge in [0, 0.05) is 38.2 Å². The highest BCUT2D eigenvalue weighted by Gasteiger charge is 2.24.